The monoisotopic (exact) mass is 269 g/mol. The summed E-state index contributed by atoms with van der Waals surface area (Å²) in [5, 5.41) is 4.90. The molecule has 1 fully saturated rings. The number of anilines is 1. The lowest BCUT2D eigenvalue weighted by molar-refractivity contribution is -0.121. The summed E-state index contributed by atoms with van der Waals surface area (Å²) in [6, 6.07) is 8.39. The molecule has 1 aliphatic rings. The van der Waals surface area contributed by atoms with Gasteiger partial charge in [-0.1, -0.05) is 18.2 Å². The Kier molecular flexibility index (Phi) is 3.65. The first-order valence-corrected chi connectivity index (χ1v) is 7.18. The molecule has 7 heteroatoms. The maximum Gasteiger partial charge on any atom is 0.275 e. The highest BCUT2D eigenvalue weighted by Crippen LogP contribution is 2.20. The summed E-state index contributed by atoms with van der Waals surface area (Å²) in [6.45, 7) is 0.589. The van der Waals surface area contributed by atoms with Crippen LogP contribution in [-0.2, 0) is 15.0 Å². The van der Waals surface area contributed by atoms with Crippen LogP contribution in [0.2, 0.25) is 0 Å². The van der Waals surface area contributed by atoms with Crippen LogP contribution in [0.25, 0.3) is 0 Å². The number of hydrogen-bond acceptors (Lipinski definition) is 3. The van der Waals surface area contributed by atoms with Gasteiger partial charge >= 0.3 is 0 Å². The highest BCUT2D eigenvalue weighted by Gasteiger charge is 2.31. The van der Waals surface area contributed by atoms with Gasteiger partial charge < -0.3 is 4.90 Å². The van der Waals surface area contributed by atoms with Crippen molar-refractivity contribution in [1.29, 1.82) is 0 Å². The average Bonchev–Trinajstić information content (AvgIpc) is 2.31. The van der Waals surface area contributed by atoms with E-state index in [2.05, 4.69) is 4.72 Å². The second kappa shape index (κ2) is 5.05. The molecule has 1 amide bonds. The van der Waals surface area contributed by atoms with E-state index in [0.29, 0.717) is 13.0 Å². The Labute approximate surface area is 106 Å². The van der Waals surface area contributed by atoms with Crippen LogP contribution in [0.3, 0.4) is 0 Å². The van der Waals surface area contributed by atoms with Gasteiger partial charge in [-0.25, -0.2) is 5.14 Å². The summed E-state index contributed by atoms with van der Waals surface area (Å²) in [6.07, 6.45) is 1.20. The zero-order chi connectivity index (χ0) is 13.2. The van der Waals surface area contributed by atoms with E-state index in [0.717, 1.165) is 12.1 Å². The molecule has 0 spiro atoms. The number of carbonyl (C=O) groups excluding carboxylic acids is 1. The number of nitrogens with zero attached hydrogens (tertiary/aromatic N) is 1. The first-order valence-electron chi connectivity index (χ1n) is 5.64. The number of nitrogens with one attached hydrogen (secondary N) is 1. The summed E-state index contributed by atoms with van der Waals surface area (Å²) < 4.78 is 24.1. The van der Waals surface area contributed by atoms with Gasteiger partial charge in [0.1, 0.15) is 6.04 Å². The first kappa shape index (κ1) is 13.0. The molecule has 1 heterocycles. The van der Waals surface area contributed by atoms with Crippen LogP contribution < -0.4 is 14.8 Å². The topological polar surface area (TPSA) is 92.5 Å². The molecule has 18 heavy (non-hydrogen) atoms. The molecule has 0 saturated carbocycles. The van der Waals surface area contributed by atoms with Crippen LogP contribution in [0.4, 0.5) is 5.69 Å². The smallest absolute Gasteiger partial charge is 0.275 e. The fourth-order valence-corrected chi connectivity index (χ4v) is 2.66. The molecule has 1 atom stereocenters. The standard InChI is InChI=1S/C11H15N3O3S/c12-18(16,17)13-10-7-4-8-14(11(10)15)9-5-2-1-3-6-9/h1-3,5-6,10,13H,4,7-8H2,(H2,12,16,17)/t10-/m1/s1. The lowest BCUT2D eigenvalue weighted by Crippen LogP contribution is -2.53. The van der Waals surface area contributed by atoms with Crippen LogP contribution >= 0.6 is 0 Å². The minimum absolute atomic E-state index is 0.263. The Hall–Kier alpha value is -1.44. The predicted molar refractivity (Wildman–Crippen MR) is 68.1 cm³/mol. The highest BCUT2D eigenvalue weighted by molar-refractivity contribution is 7.87. The third-order valence-corrected chi connectivity index (χ3v) is 3.43. The van der Waals surface area contributed by atoms with Crippen molar-refractivity contribution in [3.63, 3.8) is 0 Å². The summed E-state index contributed by atoms with van der Waals surface area (Å²) in [5.41, 5.74) is 0.767. The van der Waals surface area contributed by atoms with Gasteiger partial charge in [0.25, 0.3) is 10.2 Å². The molecule has 1 aromatic carbocycles. The van der Waals surface area contributed by atoms with Gasteiger partial charge in [-0.15, -0.1) is 0 Å². The van der Waals surface area contributed by atoms with Crippen molar-refractivity contribution in [2.45, 2.75) is 18.9 Å². The number of carbonyl (C=O) groups is 1. The van der Waals surface area contributed by atoms with Crippen LogP contribution in [0, 0.1) is 0 Å². The number of nitrogens with two attached hydrogens (primary N) is 1. The maximum absolute atomic E-state index is 12.1. The summed E-state index contributed by atoms with van der Waals surface area (Å²) in [5.74, 6) is -0.263. The van der Waals surface area contributed by atoms with Gasteiger partial charge in [-0.05, 0) is 25.0 Å². The maximum atomic E-state index is 12.1. The van der Waals surface area contributed by atoms with E-state index in [-0.39, 0.29) is 5.91 Å². The van der Waals surface area contributed by atoms with E-state index in [1.165, 1.54) is 0 Å². The number of piperidine rings is 1. The fourth-order valence-electron chi connectivity index (χ4n) is 2.05. The molecule has 2 rings (SSSR count). The Balaban J connectivity index is 2.17. The van der Waals surface area contributed by atoms with Crippen LogP contribution in [-0.4, -0.2) is 26.9 Å². The molecule has 0 aliphatic carbocycles. The van der Waals surface area contributed by atoms with Gasteiger partial charge in [0.05, 0.1) is 0 Å². The Bertz CT molecular complexity index is 530. The number of rotatable bonds is 3. The van der Waals surface area contributed by atoms with Gasteiger partial charge in [0.2, 0.25) is 5.91 Å². The minimum Gasteiger partial charge on any atom is -0.311 e. The van der Waals surface area contributed by atoms with Gasteiger partial charge in [-0.2, -0.15) is 13.1 Å². The second-order valence-corrected chi connectivity index (χ2v) is 5.51. The van der Waals surface area contributed by atoms with E-state index in [4.69, 9.17) is 5.14 Å². The Morgan fingerprint density at radius 3 is 2.56 bits per heavy atom. The van der Waals surface area contributed by atoms with E-state index < -0.39 is 16.3 Å². The average molecular weight is 269 g/mol. The zero-order valence-electron chi connectivity index (χ0n) is 9.74. The number of amides is 1. The minimum atomic E-state index is -3.86. The fraction of sp³-hybridized carbons (Fsp3) is 0.364. The Morgan fingerprint density at radius 1 is 1.28 bits per heavy atom. The summed E-state index contributed by atoms with van der Waals surface area (Å²) >= 11 is 0. The van der Waals surface area contributed by atoms with Crippen molar-refractivity contribution in [3.05, 3.63) is 30.3 Å². The quantitative estimate of drug-likeness (QED) is 0.807. The summed E-state index contributed by atoms with van der Waals surface area (Å²) in [4.78, 5) is 13.7. The molecule has 98 valence electrons. The van der Waals surface area contributed by atoms with Crippen molar-refractivity contribution >= 4 is 21.8 Å². The third-order valence-electron chi connectivity index (χ3n) is 2.81. The van der Waals surface area contributed by atoms with E-state index in [9.17, 15) is 13.2 Å². The van der Waals surface area contributed by atoms with Crippen molar-refractivity contribution < 1.29 is 13.2 Å². The molecule has 1 aliphatic heterocycles. The number of para-hydroxylation sites is 1. The van der Waals surface area contributed by atoms with Crippen molar-refractivity contribution in [3.8, 4) is 0 Å². The molecular formula is C11H15N3O3S. The largest absolute Gasteiger partial charge is 0.311 e. The van der Waals surface area contributed by atoms with Gasteiger partial charge in [-0.3, -0.25) is 4.79 Å². The van der Waals surface area contributed by atoms with E-state index in [1.807, 2.05) is 30.3 Å². The third kappa shape index (κ3) is 3.06. The normalized spacial score (nSPS) is 21.1. The second-order valence-electron chi connectivity index (χ2n) is 4.18. The molecule has 3 N–H and O–H groups in total. The number of hydrogen-bond donors (Lipinski definition) is 2. The van der Waals surface area contributed by atoms with Gasteiger partial charge in [0.15, 0.2) is 0 Å². The van der Waals surface area contributed by atoms with Crippen LogP contribution in [0.5, 0.6) is 0 Å². The molecule has 0 bridgehead atoms. The molecular weight excluding hydrogens is 254 g/mol. The van der Waals surface area contributed by atoms with Crippen molar-refractivity contribution in [2.75, 3.05) is 11.4 Å². The van der Waals surface area contributed by atoms with Crippen molar-refractivity contribution in [1.82, 2.24) is 4.72 Å². The molecule has 6 nitrogen and oxygen atoms in total. The van der Waals surface area contributed by atoms with Crippen LogP contribution in [0.15, 0.2) is 30.3 Å². The SMILES string of the molecule is NS(=O)(=O)N[C@@H]1CCCN(c2ccccc2)C1=O. The molecule has 1 aromatic rings. The number of benzene rings is 1. The molecule has 0 aromatic heterocycles. The molecule has 0 unspecified atom stereocenters. The van der Waals surface area contributed by atoms with E-state index >= 15 is 0 Å². The zero-order valence-corrected chi connectivity index (χ0v) is 10.6. The predicted octanol–water partition coefficient (Wildman–Crippen LogP) is -0.0249. The van der Waals surface area contributed by atoms with Gasteiger partial charge in [0, 0.05) is 12.2 Å². The Morgan fingerprint density at radius 2 is 1.94 bits per heavy atom. The molecule has 0 radical (unpaired) electrons. The lowest BCUT2D eigenvalue weighted by Gasteiger charge is -2.32. The highest BCUT2D eigenvalue weighted by atomic mass is 32.2. The molecule has 1 saturated heterocycles. The first-order chi connectivity index (χ1) is 8.47. The lowest BCUT2D eigenvalue weighted by atomic mass is 10.0. The summed E-state index contributed by atoms with van der Waals surface area (Å²) in [7, 11) is -3.86. The van der Waals surface area contributed by atoms with Crippen LogP contribution in [0.1, 0.15) is 12.8 Å². The van der Waals surface area contributed by atoms with E-state index in [1.54, 1.807) is 4.90 Å². The van der Waals surface area contributed by atoms with Crippen molar-refractivity contribution in [2.24, 2.45) is 5.14 Å².